The Balaban J connectivity index is 1.03. The summed E-state index contributed by atoms with van der Waals surface area (Å²) in [5.41, 5.74) is 2.56. The molecule has 9 heteroatoms. The summed E-state index contributed by atoms with van der Waals surface area (Å²) >= 11 is 0. The van der Waals surface area contributed by atoms with Crippen molar-refractivity contribution in [1.82, 2.24) is 15.1 Å². The second kappa shape index (κ2) is 9.24. The first kappa shape index (κ1) is 23.0. The quantitative estimate of drug-likeness (QED) is 0.640. The summed E-state index contributed by atoms with van der Waals surface area (Å²) in [5.74, 6) is 3.71. The van der Waals surface area contributed by atoms with Crippen molar-refractivity contribution in [2.45, 2.75) is 74.7 Å². The Morgan fingerprint density at radius 1 is 1.00 bits per heavy atom. The van der Waals surface area contributed by atoms with Crippen LogP contribution in [0.1, 0.15) is 56.1 Å². The lowest BCUT2D eigenvalue weighted by molar-refractivity contribution is 0.174. The number of nitrogens with one attached hydrogen (secondary N) is 1. The zero-order valence-corrected chi connectivity index (χ0v) is 21.1. The maximum absolute atomic E-state index is 12.9. The van der Waals surface area contributed by atoms with Crippen LogP contribution < -0.4 is 14.8 Å². The normalized spacial score (nSPS) is 26.7. The third-order valence-corrected chi connectivity index (χ3v) is 10.5. The summed E-state index contributed by atoms with van der Waals surface area (Å²) in [7, 11) is -3.38. The molecule has 0 bridgehead atoms. The highest BCUT2D eigenvalue weighted by molar-refractivity contribution is 7.92. The molecule has 4 aliphatic rings. The number of rotatable bonds is 6. The summed E-state index contributed by atoms with van der Waals surface area (Å²) in [5, 5.41) is 11.7. The molecule has 2 aromatic rings. The number of nitrogens with zero attached hydrogens (tertiary/aromatic N) is 3. The SMILES string of the molecule is Cc1cc2c(cc1CN1C[C@H]3CC(Nc4ccc(S(=O)(=O)C5CCCCC5)nn4)C[C@H]3C1)OCO2. The zero-order chi connectivity index (χ0) is 24.0. The fraction of sp³-hybridized carbons (Fsp3) is 0.615. The minimum atomic E-state index is -3.38. The molecule has 0 spiro atoms. The largest absolute Gasteiger partial charge is 0.454 e. The number of aryl methyl sites for hydroxylation is 1. The highest BCUT2D eigenvalue weighted by atomic mass is 32.2. The number of anilines is 1. The van der Waals surface area contributed by atoms with Gasteiger partial charge in [0, 0.05) is 25.7 Å². The van der Waals surface area contributed by atoms with E-state index in [1.807, 2.05) is 0 Å². The first-order valence-electron chi connectivity index (χ1n) is 12.9. The van der Waals surface area contributed by atoms with Crippen molar-refractivity contribution in [3.05, 3.63) is 35.4 Å². The fourth-order valence-electron chi connectivity index (χ4n) is 6.45. The van der Waals surface area contributed by atoms with Gasteiger partial charge in [-0.25, -0.2) is 8.42 Å². The third-order valence-electron chi connectivity index (χ3n) is 8.33. The van der Waals surface area contributed by atoms with E-state index in [1.165, 1.54) is 11.1 Å². The molecule has 0 radical (unpaired) electrons. The number of fused-ring (bicyclic) bond motifs is 2. The van der Waals surface area contributed by atoms with Crippen molar-refractivity contribution in [3.8, 4) is 11.5 Å². The van der Waals surface area contributed by atoms with Crippen molar-refractivity contribution in [1.29, 1.82) is 0 Å². The maximum Gasteiger partial charge on any atom is 0.231 e. The molecule has 35 heavy (non-hydrogen) atoms. The van der Waals surface area contributed by atoms with Gasteiger partial charge in [0.15, 0.2) is 26.4 Å². The van der Waals surface area contributed by atoms with Crippen molar-refractivity contribution >= 4 is 15.7 Å². The van der Waals surface area contributed by atoms with E-state index in [4.69, 9.17) is 9.47 Å². The lowest BCUT2D eigenvalue weighted by Gasteiger charge is -2.21. The lowest BCUT2D eigenvalue weighted by Crippen LogP contribution is -2.26. The topological polar surface area (TPSA) is 93.7 Å². The van der Waals surface area contributed by atoms with Gasteiger partial charge in [-0.15, -0.1) is 10.2 Å². The molecule has 1 unspecified atom stereocenters. The summed E-state index contributed by atoms with van der Waals surface area (Å²) < 4.78 is 36.8. The number of ether oxygens (including phenoxy) is 2. The Hall–Kier alpha value is -2.39. The van der Waals surface area contributed by atoms with Crippen LogP contribution in [0.25, 0.3) is 0 Å². The molecule has 1 N–H and O–H groups in total. The molecule has 2 aliphatic heterocycles. The second-order valence-electron chi connectivity index (χ2n) is 10.7. The number of benzene rings is 1. The fourth-order valence-corrected chi connectivity index (χ4v) is 8.15. The van der Waals surface area contributed by atoms with Crippen LogP contribution in [0, 0.1) is 18.8 Å². The van der Waals surface area contributed by atoms with Gasteiger partial charge < -0.3 is 14.8 Å². The molecule has 2 aliphatic carbocycles. The highest BCUT2D eigenvalue weighted by Crippen LogP contribution is 2.41. The van der Waals surface area contributed by atoms with Crippen molar-refractivity contribution in [2.24, 2.45) is 11.8 Å². The molecule has 3 fully saturated rings. The number of sulfone groups is 1. The van der Waals surface area contributed by atoms with E-state index in [-0.39, 0.29) is 10.3 Å². The highest BCUT2D eigenvalue weighted by Gasteiger charge is 2.41. The predicted octanol–water partition coefficient (Wildman–Crippen LogP) is 3.94. The molecule has 8 nitrogen and oxygen atoms in total. The molecule has 1 aromatic carbocycles. The van der Waals surface area contributed by atoms with E-state index in [0.29, 0.717) is 30.5 Å². The van der Waals surface area contributed by atoms with Gasteiger partial charge in [-0.05, 0) is 79.8 Å². The molecule has 6 rings (SSSR count). The maximum atomic E-state index is 12.9. The molecule has 3 heterocycles. The molecule has 188 valence electrons. The predicted molar refractivity (Wildman–Crippen MR) is 132 cm³/mol. The van der Waals surface area contributed by atoms with Crippen molar-refractivity contribution < 1.29 is 17.9 Å². The Bertz CT molecular complexity index is 1170. The van der Waals surface area contributed by atoms with E-state index in [1.54, 1.807) is 12.1 Å². The first-order valence-corrected chi connectivity index (χ1v) is 14.5. The molecule has 1 aromatic heterocycles. The number of aromatic nitrogens is 2. The van der Waals surface area contributed by atoms with Crippen molar-refractivity contribution in [2.75, 3.05) is 25.2 Å². The summed E-state index contributed by atoms with van der Waals surface area (Å²) in [6.07, 6.45) is 6.76. The monoisotopic (exact) mass is 498 g/mol. The van der Waals surface area contributed by atoms with E-state index < -0.39 is 9.84 Å². The Morgan fingerprint density at radius 2 is 1.71 bits per heavy atom. The molecule has 0 amide bonds. The van der Waals surface area contributed by atoms with Gasteiger partial charge in [0.1, 0.15) is 5.82 Å². The molecule has 2 saturated carbocycles. The minimum Gasteiger partial charge on any atom is -0.454 e. The molecular formula is C26H34N4O4S. The minimum absolute atomic E-state index is 0.118. The first-order chi connectivity index (χ1) is 17.0. The van der Waals surface area contributed by atoms with E-state index >= 15 is 0 Å². The standard InChI is InChI=1S/C26H34N4O4S/c1-17-9-23-24(34-16-33-23)12-18(17)13-30-14-19-10-21(11-20(19)15-30)27-25-7-8-26(29-28-25)35(31,32)22-5-3-2-4-6-22/h7-9,12,19-22H,2-6,10-11,13-16H2,1H3,(H,27,28)/t19-,20+,21?. The van der Waals surface area contributed by atoms with Gasteiger partial charge >= 0.3 is 0 Å². The van der Waals surface area contributed by atoms with Crippen LogP contribution >= 0.6 is 0 Å². The van der Waals surface area contributed by atoms with Crippen LogP contribution in [0.4, 0.5) is 5.82 Å². The third kappa shape index (κ3) is 4.60. The Morgan fingerprint density at radius 3 is 2.40 bits per heavy atom. The van der Waals surface area contributed by atoms with Gasteiger partial charge in [0.25, 0.3) is 0 Å². The average Bonchev–Trinajstić information content (AvgIpc) is 3.55. The lowest BCUT2D eigenvalue weighted by atomic mass is 10.0. The van der Waals surface area contributed by atoms with Crippen LogP contribution in [-0.4, -0.2) is 54.7 Å². The number of hydrogen-bond donors (Lipinski definition) is 1. The van der Waals surface area contributed by atoms with Crippen LogP contribution in [0.2, 0.25) is 0 Å². The van der Waals surface area contributed by atoms with E-state index in [2.05, 4.69) is 39.5 Å². The van der Waals surface area contributed by atoms with Crippen LogP contribution in [-0.2, 0) is 16.4 Å². The zero-order valence-electron chi connectivity index (χ0n) is 20.3. The van der Waals surface area contributed by atoms with Gasteiger partial charge in [0.2, 0.25) is 6.79 Å². The van der Waals surface area contributed by atoms with Crippen LogP contribution in [0.5, 0.6) is 11.5 Å². The van der Waals surface area contributed by atoms with Gasteiger partial charge in [-0.1, -0.05) is 19.3 Å². The van der Waals surface area contributed by atoms with Gasteiger partial charge in [0.05, 0.1) is 5.25 Å². The Labute approximate surface area is 207 Å². The average molecular weight is 499 g/mol. The van der Waals surface area contributed by atoms with Crippen LogP contribution in [0.3, 0.4) is 0 Å². The molecule has 3 atom stereocenters. The second-order valence-corrected chi connectivity index (χ2v) is 12.9. The number of hydrogen-bond acceptors (Lipinski definition) is 8. The summed E-state index contributed by atoms with van der Waals surface area (Å²) in [6.45, 7) is 5.59. The van der Waals surface area contributed by atoms with Crippen molar-refractivity contribution in [3.63, 3.8) is 0 Å². The molecular weight excluding hydrogens is 464 g/mol. The van der Waals surface area contributed by atoms with Gasteiger partial charge in [-0.3, -0.25) is 4.90 Å². The van der Waals surface area contributed by atoms with E-state index in [0.717, 1.165) is 76.1 Å². The van der Waals surface area contributed by atoms with Crippen LogP contribution in [0.15, 0.2) is 29.3 Å². The smallest absolute Gasteiger partial charge is 0.231 e. The summed E-state index contributed by atoms with van der Waals surface area (Å²) in [4.78, 5) is 2.56. The summed E-state index contributed by atoms with van der Waals surface area (Å²) in [6, 6.07) is 7.99. The Kier molecular flexibility index (Phi) is 6.08. The van der Waals surface area contributed by atoms with E-state index in [9.17, 15) is 8.42 Å². The molecule has 1 saturated heterocycles. The van der Waals surface area contributed by atoms with Gasteiger partial charge in [-0.2, -0.15) is 0 Å². The number of likely N-dealkylation sites (tertiary alicyclic amines) is 1.